The van der Waals surface area contributed by atoms with Crippen molar-refractivity contribution >= 4 is 11.6 Å². The highest BCUT2D eigenvalue weighted by Gasteiger charge is 2.29. The second-order valence-electron chi connectivity index (χ2n) is 7.13. The molecule has 6 nitrogen and oxygen atoms in total. The molecule has 0 aromatic carbocycles. The van der Waals surface area contributed by atoms with Crippen LogP contribution in [-0.2, 0) is 11.2 Å². The summed E-state index contributed by atoms with van der Waals surface area (Å²) in [5.41, 5.74) is 2.77. The van der Waals surface area contributed by atoms with E-state index >= 15 is 0 Å². The van der Waals surface area contributed by atoms with Crippen molar-refractivity contribution in [3.8, 4) is 5.88 Å². The van der Waals surface area contributed by atoms with Gasteiger partial charge in [0, 0.05) is 25.4 Å². The van der Waals surface area contributed by atoms with E-state index in [9.17, 15) is 4.79 Å². The van der Waals surface area contributed by atoms with E-state index in [4.69, 9.17) is 4.74 Å². The molecule has 1 fully saturated rings. The number of amides is 1. The Morgan fingerprint density at radius 1 is 1.19 bits per heavy atom. The summed E-state index contributed by atoms with van der Waals surface area (Å²) < 4.78 is 5.95. The van der Waals surface area contributed by atoms with Crippen molar-refractivity contribution < 1.29 is 9.53 Å². The number of anilines is 1. The Morgan fingerprint density at radius 2 is 2.04 bits per heavy atom. The number of hydrogen-bond donors (Lipinski definition) is 1. The molecular formula is C20H24N4O2. The van der Waals surface area contributed by atoms with Gasteiger partial charge in [0.1, 0.15) is 6.10 Å². The van der Waals surface area contributed by atoms with Gasteiger partial charge in [-0.05, 0) is 50.4 Å². The molecule has 0 saturated carbocycles. The Kier molecular flexibility index (Phi) is 4.84. The SMILES string of the molecule is CN1CCC(Oc2ccc(NC(=O)C3CCc4cccnc43)cn2)CC1. The van der Waals surface area contributed by atoms with Gasteiger partial charge in [-0.25, -0.2) is 4.98 Å². The number of nitrogens with zero attached hydrogens (tertiary/aromatic N) is 3. The molecule has 136 valence electrons. The second-order valence-corrected chi connectivity index (χ2v) is 7.13. The first-order valence-corrected chi connectivity index (χ1v) is 9.25. The number of aromatic nitrogens is 2. The number of piperidine rings is 1. The van der Waals surface area contributed by atoms with Crippen molar-refractivity contribution in [2.45, 2.75) is 37.7 Å². The largest absolute Gasteiger partial charge is 0.474 e. The van der Waals surface area contributed by atoms with Gasteiger partial charge in [-0.3, -0.25) is 9.78 Å². The molecular weight excluding hydrogens is 328 g/mol. The molecule has 1 N–H and O–H groups in total. The molecule has 0 bridgehead atoms. The van der Waals surface area contributed by atoms with E-state index in [1.807, 2.05) is 24.3 Å². The Balaban J connectivity index is 1.35. The van der Waals surface area contributed by atoms with Gasteiger partial charge in [0.25, 0.3) is 0 Å². The monoisotopic (exact) mass is 352 g/mol. The van der Waals surface area contributed by atoms with Crippen molar-refractivity contribution in [3.05, 3.63) is 47.9 Å². The fourth-order valence-corrected chi connectivity index (χ4v) is 3.69. The lowest BCUT2D eigenvalue weighted by atomic mass is 10.1. The highest BCUT2D eigenvalue weighted by molar-refractivity contribution is 5.96. The predicted molar refractivity (Wildman–Crippen MR) is 99.3 cm³/mol. The minimum atomic E-state index is -0.179. The van der Waals surface area contributed by atoms with Gasteiger partial charge in [-0.2, -0.15) is 0 Å². The summed E-state index contributed by atoms with van der Waals surface area (Å²) in [6.45, 7) is 2.10. The summed E-state index contributed by atoms with van der Waals surface area (Å²) in [7, 11) is 2.13. The molecule has 0 radical (unpaired) electrons. The van der Waals surface area contributed by atoms with E-state index in [0.29, 0.717) is 11.6 Å². The van der Waals surface area contributed by atoms with Crippen LogP contribution < -0.4 is 10.1 Å². The number of likely N-dealkylation sites (tertiary alicyclic amines) is 1. The van der Waals surface area contributed by atoms with Crippen molar-refractivity contribution in [3.63, 3.8) is 0 Å². The van der Waals surface area contributed by atoms with Gasteiger partial charge in [0.15, 0.2) is 0 Å². The summed E-state index contributed by atoms with van der Waals surface area (Å²) >= 11 is 0. The van der Waals surface area contributed by atoms with Crippen LogP contribution in [0.15, 0.2) is 36.7 Å². The third kappa shape index (κ3) is 3.70. The molecule has 0 spiro atoms. The van der Waals surface area contributed by atoms with Gasteiger partial charge in [-0.15, -0.1) is 0 Å². The highest BCUT2D eigenvalue weighted by Crippen LogP contribution is 2.32. The van der Waals surface area contributed by atoms with Crippen LogP contribution in [0.4, 0.5) is 5.69 Å². The quantitative estimate of drug-likeness (QED) is 0.916. The molecule has 1 saturated heterocycles. The zero-order chi connectivity index (χ0) is 17.9. The molecule has 1 aliphatic carbocycles. The Labute approximate surface area is 153 Å². The second kappa shape index (κ2) is 7.41. The molecule has 1 amide bonds. The summed E-state index contributed by atoms with van der Waals surface area (Å²) in [6, 6.07) is 7.65. The first kappa shape index (κ1) is 17.0. The van der Waals surface area contributed by atoms with Crippen molar-refractivity contribution in [1.29, 1.82) is 0 Å². The number of carbonyl (C=O) groups excluding carboxylic acids is 1. The van der Waals surface area contributed by atoms with Crippen LogP contribution in [0.2, 0.25) is 0 Å². The van der Waals surface area contributed by atoms with E-state index in [2.05, 4.69) is 27.2 Å². The maximum Gasteiger partial charge on any atom is 0.233 e. The minimum absolute atomic E-state index is 0.0202. The molecule has 26 heavy (non-hydrogen) atoms. The average Bonchev–Trinajstić information content (AvgIpc) is 3.09. The number of carbonyl (C=O) groups is 1. The fourth-order valence-electron chi connectivity index (χ4n) is 3.69. The highest BCUT2D eigenvalue weighted by atomic mass is 16.5. The van der Waals surface area contributed by atoms with Crippen LogP contribution in [0.5, 0.6) is 5.88 Å². The zero-order valence-electron chi connectivity index (χ0n) is 15.0. The molecule has 3 heterocycles. The van der Waals surface area contributed by atoms with Crippen LogP contribution >= 0.6 is 0 Å². The topological polar surface area (TPSA) is 67.3 Å². The van der Waals surface area contributed by atoms with E-state index in [-0.39, 0.29) is 17.9 Å². The number of hydrogen-bond acceptors (Lipinski definition) is 5. The first-order chi connectivity index (χ1) is 12.7. The molecule has 6 heteroatoms. The molecule has 1 unspecified atom stereocenters. The third-order valence-corrected chi connectivity index (χ3v) is 5.23. The number of aryl methyl sites for hydroxylation is 1. The van der Waals surface area contributed by atoms with Crippen molar-refractivity contribution in [1.82, 2.24) is 14.9 Å². The number of pyridine rings is 2. The van der Waals surface area contributed by atoms with Crippen LogP contribution in [0.3, 0.4) is 0 Å². The number of rotatable bonds is 4. The van der Waals surface area contributed by atoms with Crippen LogP contribution in [-0.4, -0.2) is 47.0 Å². The number of ether oxygens (including phenoxy) is 1. The maximum atomic E-state index is 12.6. The van der Waals surface area contributed by atoms with Crippen LogP contribution in [0, 0.1) is 0 Å². The standard InChI is InChI=1S/C20H24N4O2/c1-24-11-8-16(9-12-24)26-18-7-5-15(13-22-18)23-20(25)17-6-4-14-3-2-10-21-19(14)17/h2-3,5,7,10,13,16-17H,4,6,8-9,11-12H2,1H3,(H,23,25). The van der Waals surface area contributed by atoms with Gasteiger partial charge in [0.05, 0.1) is 23.5 Å². The van der Waals surface area contributed by atoms with Crippen LogP contribution in [0.25, 0.3) is 0 Å². The normalized spacial score (nSPS) is 20.6. The predicted octanol–water partition coefficient (Wildman–Crippen LogP) is 2.62. The Bertz CT molecular complexity index is 770. The molecule has 1 aliphatic heterocycles. The fraction of sp³-hybridized carbons (Fsp3) is 0.450. The van der Waals surface area contributed by atoms with Crippen molar-refractivity contribution in [2.24, 2.45) is 0 Å². The molecule has 4 rings (SSSR count). The molecule has 2 aromatic heterocycles. The maximum absolute atomic E-state index is 12.6. The minimum Gasteiger partial charge on any atom is -0.474 e. The summed E-state index contributed by atoms with van der Waals surface area (Å²) in [5.74, 6) is 0.417. The number of nitrogens with one attached hydrogen (secondary N) is 1. The van der Waals surface area contributed by atoms with E-state index < -0.39 is 0 Å². The first-order valence-electron chi connectivity index (χ1n) is 9.25. The summed E-state index contributed by atoms with van der Waals surface area (Å²) in [4.78, 5) is 23.6. The molecule has 2 aliphatic rings. The van der Waals surface area contributed by atoms with Gasteiger partial charge in [-0.1, -0.05) is 6.07 Å². The lowest BCUT2D eigenvalue weighted by molar-refractivity contribution is -0.117. The van der Waals surface area contributed by atoms with E-state index in [0.717, 1.165) is 44.5 Å². The lowest BCUT2D eigenvalue weighted by Crippen LogP contribution is -2.35. The smallest absolute Gasteiger partial charge is 0.233 e. The molecule has 1 atom stereocenters. The van der Waals surface area contributed by atoms with Gasteiger partial charge in [0.2, 0.25) is 11.8 Å². The van der Waals surface area contributed by atoms with Crippen molar-refractivity contribution in [2.75, 3.05) is 25.5 Å². The van der Waals surface area contributed by atoms with E-state index in [1.54, 1.807) is 12.4 Å². The summed E-state index contributed by atoms with van der Waals surface area (Å²) in [5, 5.41) is 2.96. The lowest BCUT2D eigenvalue weighted by Gasteiger charge is -2.28. The average molecular weight is 352 g/mol. The zero-order valence-corrected chi connectivity index (χ0v) is 15.0. The van der Waals surface area contributed by atoms with Gasteiger partial charge >= 0.3 is 0 Å². The summed E-state index contributed by atoms with van der Waals surface area (Å²) in [6.07, 6.45) is 7.39. The van der Waals surface area contributed by atoms with Crippen LogP contribution in [0.1, 0.15) is 36.4 Å². The van der Waals surface area contributed by atoms with E-state index in [1.165, 1.54) is 5.56 Å². The molecule has 2 aromatic rings. The Morgan fingerprint density at radius 3 is 2.81 bits per heavy atom. The number of fused-ring (bicyclic) bond motifs is 1. The third-order valence-electron chi connectivity index (χ3n) is 5.23. The Hall–Kier alpha value is -2.47. The van der Waals surface area contributed by atoms with Gasteiger partial charge < -0.3 is 15.0 Å².